The molecule has 1 N–H and O–H groups in total. The van der Waals surface area contributed by atoms with Crippen molar-refractivity contribution >= 4 is 27.3 Å². The van der Waals surface area contributed by atoms with Crippen molar-refractivity contribution in [3.63, 3.8) is 0 Å². The molecule has 3 heterocycles. The van der Waals surface area contributed by atoms with Crippen molar-refractivity contribution in [1.82, 2.24) is 10.3 Å². The van der Waals surface area contributed by atoms with Gasteiger partial charge in [-0.25, -0.2) is 4.98 Å². The highest BCUT2D eigenvalue weighted by atomic mass is 79.9. The molecule has 2 aromatic carbocycles. The van der Waals surface area contributed by atoms with Crippen LogP contribution in [0.5, 0.6) is 5.75 Å². The molecule has 0 saturated carbocycles. The van der Waals surface area contributed by atoms with Gasteiger partial charge in [0.2, 0.25) is 0 Å². The molecule has 3 aliphatic rings. The first-order chi connectivity index (χ1) is 17.7. The summed E-state index contributed by atoms with van der Waals surface area (Å²) in [7, 11) is 0. The molecule has 186 valence electrons. The van der Waals surface area contributed by atoms with Gasteiger partial charge in [-0.2, -0.15) is 0 Å². The van der Waals surface area contributed by atoms with Crippen LogP contribution in [0, 0.1) is 5.41 Å². The maximum Gasteiger partial charge on any atom is 0.128 e. The molecule has 4 nitrogen and oxygen atoms in total. The molecular formula is C31H34BrN3O. The average Bonchev–Trinajstić information content (AvgIpc) is 2.93. The van der Waals surface area contributed by atoms with Crippen LogP contribution in [-0.4, -0.2) is 31.2 Å². The highest BCUT2D eigenvalue weighted by Gasteiger charge is 2.35. The Morgan fingerprint density at radius 1 is 0.917 bits per heavy atom. The summed E-state index contributed by atoms with van der Waals surface area (Å²) in [4.78, 5) is 7.41. The lowest BCUT2D eigenvalue weighted by Gasteiger charge is -2.44. The van der Waals surface area contributed by atoms with Crippen LogP contribution in [0.15, 0.2) is 71.3 Å². The van der Waals surface area contributed by atoms with Gasteiger partial charge in [0, 0.05) is 34.9 Å². The quantitative estimate of drug-likeness (QED) is 0.387. The molecule has 0 unspecified atom stereocenters. The molecule has 1 aliphatic carbocycles. The Bertz CT molecular complexity index is 1220. The number of benzene rings is 2. The number of pyridine rings is 1. The van der Waals surface area contributed by atoms with Gasteiger partial charge in [-0.1, -0.05) is 52.3 Å². The van der Waals surface area contributed by atoms with Crippen molar-refractivity contribution in [2.24, 2.45) is 5.41 Å². The van der Waals surface area contributed by atoms with E-state index in [9.17, 15) is 0 Å². The number of aromatic nitrogens is 1. The largest absolute Gasteiger partial charge is 0.489 e. The van der Waals surface area contributed by atoms with Gasteiger partial charge in [0.1, 0.15) is 18.2 Å². The highest BCUT2D eigenvalue weighted by molar-refractivity contribution is 9.11. The third-order valence-electron chi connectivity index (χ3n) is 8.33. The molecule has 1 aromatic heterocycles. The van der Waals surface area contributed by atoms with E-state index in [-0.39, 0.29) is 0 Å². The smallest absolute Gasteiger partial charge is 0.128 e. The summed E-state index contributed by atoms with van der Waals surface area (Å²) < 4.78 is 7.36. The van der Waals surface area contributed by atoms with Crippen LogP contribution in [0.2, 0.25) is 0 Å². The Hall–Kier alpha value is -2.63. The van der Waals surface area contributed by atoms with Crippen molar-refractivity contribution in [3.05, 3.63) is 93.6 Å². The van der Waals surface area contributed by atoms with Gasteiger partial charge < -0.3 is 15.0 Å². The predicted molar refractivity (Wildman–Crippen MR) is 151 cm³/mol. The highest BCUT2D eigenvalue weighted by Crippen LogP contribution is 2.42. The van der Waals surface area contributed by atoms with E-state index < -0.39 is 0 Å². The maximum absolute atomic E-state index is 6.10. The van der Waals surface area contributed by atoms with Crippen molar-refractivity contribution in [1.29, 1.82) is 0 Å². The van der Waals surface area contributed by atoms with Gasteiger partial charge in [0.25, 0.3) is 0 Å². The van der Waals surface area contributed by atoms with E-state index in [1.807, 2.05) is 6.07 Å². The summed E-state index contributed by atoms with van der Waals surface area (Å²) in [6, 6.07) is 21.3. The molecule has 0 radical (unpaired) electrons. The van der Waals surface area contributed by atoms with Crippen LogP contribution in [0.25, 0.3) is 5.57 Å². The fourth-order valence-corrected chi connectivity index (χ4v) is 6.71. The summed E-state index contributed by atoms with van der Waals surface area (Å²) in [6.45, 7) is 5.19. The normalized spacial score (nSPS) is 19.3. The summed E-state index contributed by atoms with van der Waals surface area (Å²) in [5, 5.41) is 3.52. The Labute approximate surface area is 222 Å². The minimum atomic E-state index is 0.562. The molecule has 0 amide bonds. The molecule has 3 aromatic rings. The minimum Gasteiger partial charge on any atom is -0.489 e. The van der Waals surface area contributed by atoms with Gasteiger partial charge in [0.05, 0.1) is 0 Å². The maximum atomic E-state index is 6.10. The Morgan fingerprint density at radius 3 is 2.47 bits per heavy atom. The molecule has 5 heteroatoms. The van der Waals surface area contributed by atoms with E-state index in [4.69, 9.17) is 9.72 Å². The topological polar surface area (TPSA) is 37.4 Å². The van der Waals surface area contributed by atoms with Gasteiger partial charge in [-0.05, 0) is 98.0 Å². The molecule has 0 bridgehead atoms. The number of rotatable bonds is 5. The lowest BCUT2D eigenvalue weighted by Crippen LogP contribution is -2.45. The van der Waals surface area contributed by atoms with E-state index in [1.54, 1.807) is 0 Å². The van der Waals surface area contributed by atoms with E-state index in [2.05, 4.69) is 86.9 Å². The molecule has 0 atom stereocenters. The monoisotopic (exact) mass is 543 g/mol. The van der Waals surface area contributed by atoms with E-state index in [1.165, 1.54) is 71.1 Å². The van der Waals surface area contributed by atoms with Gasteiger partial charge >= 0.3 is 0 Å². The predicted octanol–water partition coefficient (Wildman–Crippen LogP) is 6.73. The van der Waals surface area contributed by atoms with Crippen molar-refractivity contribution < 1.29 is 4.74 Å². The van der Waals surface area contributed by atoms with Crippen molar-refractivity contribution in [2.45, 2.75) is 45.1 Å². The fraction of sp³-hybridized carbons (Fsp3) is 0.387. The zero-order valence-electron chi connectivity index (χ0n) is 20.8. The number of halogens is 1. The van der Waals surface area contributed by atoms with Crippen LogP contribution >= 0.6 is 15.9 Å². The summed E-state index contributed by atoms with van der Waals surface area (Å²) >= 11 is 3.88. The number of allylic oxidation sites excluding steroid dienone is 1. The number of hydrogen-bond acceptors (Lipinski definition) is 4. The van der Waals surface area contributed by atoms with Crippen LogP contribution in [0.4, 0.5) is 5.82 Å². The van der Waals surface area contributed by atoms with Crippen LogP contribution in [0.1, 0.15) is 54.4 Å². The lowest BCUT2D eigenvalue weighted by atomic mass is 9.71. The molecule has 1 spiro atoms. The van der Waals surface area contributed by atoms with Crippen LogP contribution in [0.3, 0.4) is 0 Å². The van der Waals surface area contributed by atoms with Crippen LogP contribution < -0.4 is 15.0 Å². The number of aryl methyl sites for hydroxylation is 1. The second-order valence-corrected chi connectivity index (χ2v) is 11.5. The standard InChI is InChI=1S/C31H34BrN3O/c32-28-10-6-24-20-26(36-22-23-4-2-1-3-5-23)8-9-27(24)30(28)25-7-11-29(34-21-25)35-18-14-31(15-19-35)12-16-33-17-13-31/h1-5,7-9,11,20-21,33H,6,10,12-19,22H2. The zero-order valence-corrected chi connectivity index (χ0v) is 22.4. The van der Waals surface area contributed by atoms with E-state index >= 15 is 0 Å². The Morgan fingerprint density at radius 2 is 1.72 bits per heavy atom. The number of fused-ring (bicyclic) bond motifs is 1. The van der Waals surface area contributed by atoms with Crippen LogP contribution in [-0.2, 0) is 13.0 Å². The third-order valence-corrected chi connectivity index (χ3v) is 9.12. The van der Waals surface area contributed by atoms with Gasteiger partial charge in [-0.15, -0.1) is 0 Å². The van der Waals surface area contributed by atoms with E-state index in [0.29, 0.717) is 12.0 Å². The Balaban J connectivity index is 1.16. The first-order valence-corrected chi connectivity index (χ1v) is 14.1. The number of piperidine rings is 2. The second kappa shape index (κ2) is 10.4. The number of nitrogens with zero attached hydrogens (tertiary/aromatic N) is 2. The zero-order chi connectivity index (χ0) is 24.4. The van der Waals surface area contributed by atoms with Gasteiger partial charge in [-0.3, -0.25) is 0 Å². The first kappa shape index (κ1) is 23.7. The molecule has 2 aliphatic heterocycles. The second-order valence-electron chi connectivity index (χ2n) is 10.5. The SMILES string of the molecule is BrC1=C(c2ccc(N3CCC4(CCNCC4)CC3)nc2)c2ccc(OCc3ccccc3)cc2CC1. The molecular weight excluding hydrogens is 510 g/mol. The third kappa shape index (κ3) is 4.96. The molecule has 2 fully saturated rings. The van der Waals surface area contributed by atoms with Gasteiger partial charge in [0.15, 0.2) is 0 Å². The first-order valence-electron chi connectivity index (χ1n) is 13.3. The lowest BCUT2D eigenvalue weighted by molar-refractivity contribution is 0.154. The fourth-order valence-electron chi connectivity index (χ4n) is 6.07. The summed E-state index contributed by atoms with van der Waals surface area (Å²) in [5.41, 5.74) is 6.80. The summed E-state index contributed by atoms with van der Waals surface area (Å²) in [6.07, 6.45) is 9.30. The minimum absolute atomic E-state index is 0.562. The van der Waals surface area contributed by atoms with Crippen molar-refractivity contribution in [2.75, 3.05) is 31.1 Å². The molecule has 2 saturated heterocycles. The van der Waals surface area contributed by atoms with Crippen molar-refractivity contribution in [3.8, 4) is 5.75 Å². The van der Waals surface area contributed by atoms with E-state index in [0.717, 1.165) is 37.5 Å². The number of ether oxygens (including phenoxy) is 1. The Kier molecular flexibility index (Phi) is 6.85. The number of hydrogen-bond donors (Lipinski definition) is 1. The average molecular weight is 545 g/mol. The number of nitrogens with one attached hydrogen (secondary N) is 1. The number of anilines is 1. The molecule has 36 heavy (non-hydrogen) atoms. The summed E-state index contributed by atoms with van der Waals surface area (Å²) in [5.74, 6) is 2.04. The molecule has 6 rings (SSSR count).